The van der Waals surface area contributed by atoms with E-state index in [1.165, 1.54) is 18.1 Å². The van der Waals surface area contributed by atoms with Crippen molar-refractivity contribution < 1.29 is 23.6 Å². The van der Waals surface area contributed by atoms with Crippen LogP contribution in [0.15, 0.2) is 42.5 Å². The molecule has 0 saturated carbocycles. The van der Waals surface area contributed by atoms with E-state index in [0.29, 0.717) is 30.8 Å². The molecule has 0 fully saturated rings. The highest BCUT2D eigenvalue weighted by Crippen LogP contribution is 2.21. The number of methoxy groups -OCH3 is 1. The second-order valence-electron chi connectivity index (χ2n) is 6.16. The first-order chi connectivity index (χ1) is 12.0. The summed E-state index contributed by atoms with van der Waals surface area (Å²) in [7, 11) is 3.37. The summed E-state index contributed by atoms with van der Waals surface area (Å²) in [4.78, 5) is 27.0. The number of benzene rings is 2. The van der Waals surface area contributed by atoms with Crippen LogP contribution >= 0.6 is 0 Å². The Labute approximate surface area is 145 Å². The van der Waals surface area contributed by atoms with E-state index in [0.717, 1.165) is 10.5 Å². The van der Waals surface area contributed by atoms with Gasteiger partial charge in [-0.3, -0.25) is 14.5 Å². The fraction of sp³-hybridized carbons (Fsp3) is 0.263. The van der Waals surface area contributed by atoms with Gasteiger partial charge in [-0.2, -0.15) is 0 Å². The molecule has 5 nitrogen and oxygen atoms in total. The van der Waals surface area contributed by atoms with Crippen molar-refractivity contribution in [1.29, 1.82) is 0 Å². The van der Waals surface area contributed by atoms with E-state index in [1.54, 1.807) is 30.3 Å². The predicted molar refractivity (Wildman–Crippen MR) is 90.2 cm³/mol. The summed E-state index contributed by atoms with van der Waals surface area (Å²) in [6.07, 6.45) is 0. The number of rotatable bonds is 6. The number of nitrogens with zero attached hydrogens (tertiary/aromatic N) is 1. The van der Waals surface area contributed by atoms with Crippen LogP contribution in [0.2, 0.25) is 0 Å². The average molecular weight is 343 g/mol. The average Bonchev–Trinajstić information content (AvgIpc) is 2.85. The third kappa shape index (κ3) is 3.39. The molecule has 2 aromatic carbocycles. The van der Waals surface area contributed by atoms with Gasteiger partial charge in [-0.25, -0.2) is 4.39 Å². The summed E-state index contributed by atoms with van der Waals surface area (Å²) in [5.74, 6) is -0.673. The lowest BCUT2D eigenvalue weighted by Crippen LogP contribution is -3.08. The van der Waals surface area contributed by atoms with Crippen LogP contribution in [0.25, 0.3) is 0 Å². The SMILES string of the molecule is COc1ccc(C[NH+](C)CCN2C(=O)c3ccccc3C2=O)cc1F. The van der Waals surface area contributed by atoms with Crippen LogP contribution < -0.4 is 9.64 Å². The van der Waals surface area contributed by atoms with E-state index in [1.807, 2.05) is 13.1 Å². The number of hydrogen-bond acceptors (Lipinski definition) is 3. The molecule has 1 heterocycles. The summed E-state index contributed by atoms with van der Waals surface area (Å²) in [6, 6.07) is 11.7. The molecule has 2 aromatic rings. The van der Waals surface area contributed by atoms with Crippen LogP contribution in [0.5, 0.6) is 5.75 Å². The van der Waals surface area contributed by atoms with Gasteiger partial charge in [-0.05, 0) is 30.3 Å². The lowest BCUT2D eigenvalue weighted by molar-refractivity contribution is -0.892. The minimum Gasteiger partial charge on any atom is -0.494 e. The molecule has 1 aliphatic rings. The Balaban J connectivity index is 1.60. The van der Waals surface area contributed by atoms with Crippen molar-refractivity contribution in [3.8, 4) is 5.75 Å². The summed E-state index contributed by atoms with van der Waals surface area (Å²) in [5.41, 5.74) is 1.75. The standard InChI is InChI=1S/C19H19FN2O3/c1-21(12-13-7-8-17(25-2)16(20)11-13)9-10-22-18(23)14-5-3-4-6-15(14)19(22)24/h3-8,11H,9-10,12H2,1-2H3/p+1. The first kappa shape index (κ1) is 17.1. The maximum atomic E-state index is 13.8. The molecule has 1 aliphatic heterocycles. The van der Waals surface area contributed by atoms with E-state index in [-0.39, 0.29) is 17.6 Å². The molecule has 130 valence electrons. The zero-order valence-electron chi connectivity index (χ0n) is 14.2. The highest BCUT2D eigenvalue weighted by molar-refractivity contribution is 6.21. The van der Waals surface area contributed by atoms with Crippen molar-refractivity contribution in [1.82, 2.24) is 4.90 Å². The Morgan fingerprint density at radius 1 is 1.08 bits per heavy atom. The van der Waals surface area contributed by atoms with Gasteiger partial charge in [0.15, 0.2) is 11.6 Å². The first-order valence-electron chi connectivity index (χ1n) is 8.10. The van der Waals surface area contributed by atoms with Gasteiger partial charge < -0.3 is 9.64 Å². The highest BCUT2D eigenvalue weighted by Gasteiger charge is 2.35. The molecule has 6 heteroatoms. The maximum Gasteiger partial charge on any atom is 0.261 e. The molecule has 0 aromatic heterocycles. The number of carbonyl (C=O) groups excluding carboxylic acids is 2. The number of quaternary nitrogens is 1. The summed E-state index contributed by atoms with van der Waals surface area (Å²) in [5, 5.41) is 0. The molecule has 1 unspecified atom stereocenters. The smallest absolute Gasteiger partial charge is 0.261 e. The molecular weight excluding hydrogens is 323 g/mol. The van der Waals surface area contributed by atoms with Gasteiger partial charge >= 0.3 is 0 Å². The van der Waals surface area contributed by atoms with Gasteiger partial charge in [0.1, 0.15) is 6.54 Å². The van der Waals surface area contributed by atoms with E-state index in [4.69, 9.17) is 4.74 Å². The van der Waals surface area contributed by atoms with Crippen molar-refractivity contribution in [2.24, 2.45) is 0 Å². The Morgan fingerprint density at radius 2 is 1.72 bits per heavy atom. The summed E-state index contributed by atoms with van der Waals surface area (Å²) in [6.45, 7) is 1.50. The number of nitrogens with one attached hydrogen (secondary N) is 1. The Morgan fingerprint density at radius 3 is 2.28 bits per heavy atom. The number of amides is 2. The molecular formula is C19H20FN2O3+. The molecule has 0 aliphatic carbocycles. The van der Waals surface area contributed by atoms with Crippen molar-refractivity contribution in [3.63, 3.8) is 0 Å². The van der Waals surface area contributed by atoms with Crippen LogP contribution in [0.4, 0.5) is 4.39 Å². The van der Waals surface area contributed by atoms with Gasteiger partial charge in [-0.1, -0.05) is 12.1 Å². The fourth-order valence-corrected chi connectivity index (χ4v) is 3.00. The van der Waals surface area contributed by atoms with Crippen molar-refractivity contribution in [2.75, 3.05) is 27.2 Å². The number of hydrogen-bond donors (Lipinski definition) is 1. The van der Waals surface area contributed by atoms with Gasteiger partial charge in [0.25, 0.3) is 11.8 Å². The number of halogens is 1. The normalized spacial score (nSPS) is 14.6. The van der Waals surface area contributed by atoms with Gasteiger partial charge in [0, 0.05) is 5.56 Å². The minimum absolute atomic E-state index is 0.215. The van der Waals surface area contributed by atoms with E-state index in [2.05, 4.69) is 0 Å². The Bertz CT molecular complexity index is 787. The van der Waals surface area contributed by atoms with E-state index >= 15 is 0 Å². The van der Waals surface area contributed by atoms with Gasteiger partial charge in [-0.15, -0.1) is 0 Å². The monoisotopic (exact) mass is 343 g/mol. The quantitative estimate of drug-likeness (QED) is 0.801. The van der Waals surface area contributed by atoms with Crippen molar-refractivity contribution in [2.45, 2.75) is 6.54 Å². The topological polar surface area (TPSA) is 51.1 Å². The van der Waals surface area contributed by atoms with Crippen LogP contribution in [0.3, 0.4) is 0 Å². The molecule has 2 amide bonds. The number of imide groups is 1. The molecule has 1 N–H and O–H groups in total. The minimum atomic E-state index is -0.395. The third-order valence-electron chi connectivity index (χ3n) is 4.36. The molecule has 1 atom stereocenters. The fourth-order valence-electron chi connectivity index (χ4n) is 3.00. The van der Waals surface area contributed by atoms with Crippen LogP contribution in [0.1, 0.15) is 26.3 Å². The third-order valence-corrected chi connectivity index (χ3v) is 4.36. The molecule has 25 heavy (non-hydrogen) atoms. The zero-order valence-corrected chi connectivity index (χ0v) is 14.2. The second kappa shape index (κ2) is 7.03. The van der Waals surface area contributed by atoms with Crippen LogP contribution in [-0.2, 0) is 6.54 Å². The lowest BCUT2D eigenvalue weighted by atomic mass is 10.1. The van der Waals surface area contributed by atoms with Gasteiger partial charge in [0.05, 0.1) is 38.4 Å². The molecule has 0 bridgehead atoms. The molecule has 0 radical (unpaired) electrons. The summed E-state index contributed by atoms with van der Waals surface area (Å²) >= 11 is 0. The van der Waals surface area contributed by atoms with Crippen LogP contribution in [-0.4, -0.2) is 44.0 Å². The largest absolute Gasteiger partial charge is 0.494 e. The highest BCUT2D eigenvalue weighted by atomic mass is 19.1. The zero-order chi connectivity index (χ0) is 18.0. The first-order valence-corrected chi connectivity index (χ1v) is 8.10. The number of fused-ring (bicyclic) bond motifs is 1. The molecule has 0 saturated heterocycles. The number of ether oxygens (including phenoxy) is 1. The van der Waals surface area contributed by atoms with Gasteiger partial charge in [0.2, 0.25) is 0 Å². The van der Waals surface area contributed by atoms with E-state index < -0.39 is 5.82 Å². The molecule has 0 spiro atoms. The Kier molecular flexibility index (Phi) is 4.81. The summed E-state index contributed by atoms with van der Waals surface area (Å²) < 4.78 is 18.7. The van der Waals surface area contributed by atoms with Crippen LogP contribution in [0, 0.1) is 5.82 Å². The van der Waals surface area contributed by atoms with Crippen molar-refractivity contribution >= 4 is 11.8 Å². The predicted octanol–water partition coefficient (Wildman–Crippen LogP) is 1.15. The molecule has 3 rings (SSSR count). The number of likely N-dealkylation sites (N-methyl/N-ethyl adjacent to an activating group) is 1. The van der Waals surface area contributed by atoms with E-state index in [9.17, 15) is 14.0 Å². The van der Waals surface area contributed by atoms with Crippen molar-refractivity contribution in [3.05, 3.63) is 65.0 Å². The maximum absolute atomic E-state index is 13.8. The second-order valence-corrected chi connectivity index (χ2v) is 6.16. The Hall–Kier alpha value is -2.73. The lowest BCUT2D eigenvalue weighted by Gasteiger charge is -2.18. The number of carbonyl (C=O) groups is 2.